The number of fused-ring (bicyclic) bond motifs is 1. The molecule has 10 heteroatoms. The Kier molecular flexibility index (Phi) is 10.2. The number of halogens is 3. The van der Waals surface area contributed by atoms with Gasteiger partial charge in [-0.1, -0.05) is 42.7 Å². The van der Waals surface area contributed by atoms with Crippen LogP contribution in [0.25, 0.3) is 23.1 Å². The van der Waals surface area contributed by atoms with Crippen LogP contribution < -0.4 is 21.5 Å². The van der Waals surface area contributed by atoms with Crippen molar-refractivity contribution >= 4 is 71.2 Å². The number of hydrogen-bond acceptors (Lipinski definition) is 5. The standard InChI is InChI=1S/C24H27ClN6O.2ClH/c1-32-17-11-12-19-18(14-17)23(29-20-4-2-3-5-21(20)30-24(26)27)31-22(28-19)13-8-15-6-9-16(25)10-7-15;;/h6-14,20-21H,2-5H2,1H3,(H4,26,27,30)(H,28,29,31);2*1H/t20-,21+;;/m0../s1. The molecule has 1 aliphatic carbocycles. The SMILES string of the molecule is COc1ccc2nc(C=Cc3ccc(Cl)cc3)nc(N[C@H]3CCCC[C@H]3N=C(N)N)c2c1.Cl.Cl. The molecule has 1 heterocycles. The highest BCUT2D eigenvalue weighted by molar-refractivity contribution is 6.30. The van der Waals surface area contributed by atoms with Crippen molar-refractivity contribution in [3.05, 3.63) is 58.9 Å². The molecule has 3 aromatic rings. The molecule has 1 saturated carbocycles. The Hall–Kier alpha value is -2.74. The third-order valence-electron chi connectivity index (χ3n) is 5.58. The van der Waals surface area contributed by atoms with E-state index in [1.54, 1.807) is 7.11 Å². The minimum Gasteiger partial charge on any atom is -0.497 e. The van der Waals surface area contributed by atoms with Gasteiger partial charge < -0.3 is 21.5 Å². The first kappa shape index (κ1) is 27.5. The van der Waals surface area contributed by atoms with Crippen LogP contribution >= 0.6 is 36.4 Å². The topological polar surface area (TPSA) is 111 Å². The molecule has 0 amide bonds. The van der Waals surface area contributed by atoms with Crippen LogP contribution in [-0.4, -0.2) is 35.1 Å². The zero-order valence-corrected chi connectivity index (χ0v) is 21.2. The van der Waals surface area contributed by atoms with Gasteiger partial charge >= 0.3 is 0 Å². The van der Waals surface area contributed by atoms with Crippen LogP contribution in [0.2, 0.25) is 5.02 Å². The lowest BCUT2D eigenvalue weighted by Gasteiger charge is -2.30. The lowest BCUT2D eigenvalue weighted by atomic mass is 9.90. The summed E-state index contributed by atoms with van der Waals surface area (Å²) in [5, 5.41) is 5.19. The van der Waals surface area contributed by atoms with Gasteiger partial charge in [0.25, 0.3) is 0 Å². The lowest BCUT2D eigenvalue weighted by Crippen LogP contribution is -2.38. The van der Waals surface area contributed by atoms with Crippen molar-refractivity contribution in [3.8, 4) is 5.75 Å². The predicted octanol–water partition coefficient (Wildman–Crippen LogP) is 5.30. The number of nitrogens with two attached hydrogens (primary N) is 2. The number of benzene rings is 2. The predicted molar refractivity (Wildman–Crippen MR) is 146 cm³/mol. The van der Waals surface area contributed by atoms with Gasteiger partial charge in [-0.2, -0.15) is 0 Å². The lowest BCUT2D eigenvalue weighted by molar-refractivity contribution is 0.405. The first-order chi connectivity index (χ1) is 15.5. The Bertz CT molecular complexity index is 1150. The summed E-state index contributed by atoms with van der Waals surface area (Å²) < 4.78 is 5.42. The van der Waals surface area contributed by atoms with E-state index in [2.05, 4.69) is 10.3 Å². The number of rotatable bonds is 6. The molecule has 34 heavy (non-hydrogen) atoms. The summed E-state index contributed by atoms with van der Waals surface area (Å²) in [6, 6.07) is 13.5. The number of ether oxygens (including phenoxy) is 1. The van der Waals surface area contributed by atoms with Gasteiger partial charge in [0.1, 0.15) is 11.6 Å². The molecule has 2 atom stereocenters. The van der Waals surface area contributed by atoms with Crippen molar-refractivity contribution in [3.63, 3.8) is 0 Å². The number of aliphatic imine (C=N–C) groups is 1. The maximum absolute atomic E-state index is 5.98. The van der Waals surface area contributed by atoms with Crippen LogP contribution in [0.1, 0.15) is 37.1 Å². The number of hydrogen-bond donors (Lipinski definition) is 3. The highest BCUT2D eigenvalue weighted by atomic mass is 35.5. The molecule has 5 N–H and O–H groups in total. The second-order valence-corrected chi connectivity index (χ2v) is 8.29. The Morgan fingerprint density at radius 3 is 2.50 bits per heavy atom. The van der Waals surface area contributed by atoms with Gasteiger partial charge in [0.2, 0.25) is 0 Å². The molecule has 2 aromatic carbocycles. The molecule has 0 aliphatic heterocycles. The highest BCUT2D eigenvalue weighted by Gasteiger charge is 2.26. The van der Waals surface area contributed by atoms with Crippen LogP contribution in [-0.2, 0) is 0 Å². The highest BCUT2D eigenvalue weighted by Crippen LogP contribution is 2.30. The van der Waals surface area contributed by atoms with E-state index in [0.29, 0.717) is 10.8 Å². The zero-order chi connectivity index (χ0) is 22.5. The van der Waals surface area contributed by atoms with E-state index in [4.69, 9.17) is 37.8 Å². The Morgan fingerprint density at radius 2 is 1.79 bits per heavy atom. The summed E-state index contributed by atoms with van der Waals surface area (Å²) in [4.78, 5) is 14.0. The second-order valence-electron chi connectivity index (χ2n) is 7.85. The van der Waals surface area contributed by atoms with E-state index in [0.717, 1.165) is 53.7 Å². The maximum Gasteiger partial charge on any atom is 0.186 e. The average Bonchev–Trinajstić information content (AvgIpc) is 2.79. The molecular formula is C24H29Cl3N6O. The Labute approximate surface area is 216 Å². The molecule has 0 bridgehead atoms. The molecule has 0 radical (unpaired) electrons. The number of aromatic nitrogens is 2. The minimum absolute atomic E-state index is 0. The van der Waals surface area contributed by atoms with Crippen molar-refractivity contribution < 1.29 is 4.74 Å². The van der Waals surface area contributed by atoms with E-state index >= 15 is 0 Å². The van der Waals surface area contributed by atoms with Gasteiger partial charge in [-0.25, -0.2) is 15.0 Å². The first-order valence-corrected chi connectivity index (χ1v) is 11.0. The number of guanidine groups is 1. The van der Waals surface area contributed by atoms with Gasteiger partial charge in [0.05, 0.1) is 24.7 Å². The summed E-state index contributed by atoms with van der Waals surface area (Å²) in [6.45, 7) is 0. The monoisotopic (exact) mass is 522 g/mol. The fourth-order valence-corrected chi connectivity index (χ4v) is 4.11. The molecular weight excluding hydrogens is 495 g/mol. The fraction of sp³-hybridized carbons (Fsp3) is 0.292. The van der Waals surface area contributed by atoms with Gasteiger partial charge in [-0.05, 0) is 54.8 Å². The molecule has 182 valence electrons. The average molecular weight is 524 g/mol. The molecule has 4 rings (SSSR count). The molecule has 1 aliphatic rings. The summed E-state index contributed by atoms with van der Waals surface area (Å²) in [5.74, 6) is 2.21. The summed E-state index contributed by atoms with van der Waals surface area (Å²) in [7, 11) is 1.65. The van der Waals surface area contributed by atoms with E-state index < -0.39 is 0 Å². The van der Waals surface area contributed by atoms with Crippen LogP contribution in [0.3, 0.4) is 0 Å². The number of methoxy groups -OCH3 is 1. The molecule has 1 fully saturated rings. The van der Waals surface area contributed by atoms with E-state index in [1.165, 1.54) is 0 Å². The van der Waals surface area contributed by atoms with E-state index in [-0.39, 0.29) is 42.9 Å². The third kappa shape index (κ3) is 6.88. The van der Waals surface area contributed by atoms with Gasteiger partial charge in [0.15, 0.2) is 11.8 Å². The van der Waals surface area contributed by atoms with Crippen LogP contribution in [0.4, 0.5) is 5.82 Å². The van der Waals surface area contributed by atoms with Gasteiger partial charge in [-0.3, -0.25) is 0 Å². The van der Waals surface area contributed by atoms with Crippen LogP contribution in [0.5, 0.6) is 5.75 Å². The Morgan fingerprint density at radius 1 is 1.06 bits per heavy atom. The minimum atomic E-state index is 0. The number of anilines is 1. The van der Waals surface area contributed by atoms with Crippen molar-refractivity contribution in [1.82, 2.24) is 9.97 Å². The number of nitrogens with zero attached hydrogens (tertiary/aromatic N) is 3. The third-order valence-corrected chi connectivity index (χ3v) is 5.83. The van der Waals surface area contributed by atoms with E-state index in [1.807, 2.05) is 54.6 Å². The van der Waals surface area contributed by atoms with Crippen LogP contribution in [0.15, 0.2) is 47.5 Å². The fourth-order valence-electron chi connectivity index (χ4n) is 3.98. The van der Waals surface area contributed by atoms with Gasteiger partial charge in [0, 0.05) is 10.4 Å². The van der Waals surface area contributed by atoms with E-state index in [9.17, 15) is 0 Å². The smallest absolute Gasteiger partial charge is 0.186 e. The molecule has 1 aromatic heterocycles. The maximum atomic E-state index is 5.98. The normalized spacial score (nSPS) is 17.5. The largest absolute Gasteiger partial charge is 0.497 e. The Balaban J connectivity index is 0.00000204. The van der Waals surface area contributed by atoms with Crippen molar-refractivity contribution in [2.24, 2.45) is 16.5 Å². The molecule has 0 unspecified atom stereocenters. The van der Waals surface area contributed by atoms with Crippen molar-refractivity contribution in [2.75, 3.05) is 12.4 Å². The second kappa shape index (κ2) is 12.6. The summed E-state index contributed by atoms with van der Waals surface area (Å²) >= 11 is 5.98. The molecule has 7 nitrogen and oxygen atoms in total. The number of nitrogens with one attached hydrogen (secondary N) is 1. The zero-order valence-electron chi connectivity index (χ0n) is 18.8. The summed E-state index contributed by atoms with van der Waals surface area (Å²) in [6.07, 6.45) is 7.98. The quantitative estimate of drug-likeness (QED) is 0.298. The van der Waals surface area contributed by atoms with Crippen molar-refractivity contribution in [2.45, 2.75) is 37.8 Å². The first-order valence-electron chi connectivity index (χ1n) is 10.7. The summed E-state index contributed by atoms with van der Waals surface area (Å²) in [5.41, 5.74) is 13.2. The van der Waals surface area contributed by atoms with Gasteiger partial charge in [-0.15, -0.1) is 24.8 Å². The van der Waals surface area contributed by atoms with Crippen LogP contribution in [0, 0.1) is 0 Å². The van der Waals surface area contributed by atoms with Crippen molar-refractivity contribution in [1.29, 1.82) is 0 Å². The molecule has 0 spiro atoms. The molecule has 0 saturated heterocycles.